The van der Waals surface area contributed by atoms with Crippen molar-refractivity contribution in [1.82, 2.24) is 14.8 Å². The van der Waals surface area contributed by atoms with E-state index < -0.39 is 10.0 Å². The van der Waals surface area contributed by atoms with Gasteiger partial charge in [0.25, 0.3) is 5.91 Å². The molecule has 25 heavy (non-hydrogen) atoms. The van der Waals surface area contributed by atoms with Crippen molar-refractivity contribution in [3.8, 4) is 0 Å². The highest BCUT2D eigenvalue weighted by atomic mass is 32.2. The Bertz CT molecular complexity index is 824. The van der Waals surface area contributed by atoms with Crippen molar-refractivity contribution in [1.29, 1.82) is 0 Å². The summed E-state index contributed by atoms with van der Waals surface area (Å²) < 4.78 is 31.3. The maximum absolute atomic E-state index is 12.5. The van der Waals surface area contributed by atoms with Crippen LogP contribution in [0.2, 0.25) is 0 Å². The van der Waals surface area contributed by atoms with Crippen LogP contribution >= 0.6 is 0 Å². The van der Waals surface area contributed by atoms with Gasteiger partial charge in [0.1, 0.15) is 0 Å². The monoisotopic (exact) mass is 365 g/mol. The summed E-state index contributed by atoms with van der Waals surface area (Å²) >= 11 is 0. The molecule has 7 nitrogen and oxygen atoms in total. The van der Waals surface area contributed by atoms with Gasteiger partial charge < -0.3 is 9.84 Å². The Balaban J connectivity index is 2.12. The molecule has 1 aromatic carbocycles. The first-order valence-electron chi connectivity index (χ1n) is 8.13. The molecule has 1 N–H and O–H groups in total. The van der Waals surface area contributed by atoms with Gasteiger partial charge >= 0.3 is 0 Å². The Kier molecular flexibility index (Phi) is 5.97. The number of carbonyl (C=O) groups is 1. The minimum Gasteiger partial charge on any atom is -0.351 e. The fraction of sp³-hybridized carbons (Fsp3) is 0.412. The fourth-order valence-corrected chi connectivity index (χ4v) is 3.92. The first-order chi connectivity index (χ1) is 11.8. The zero-order chi connectivity index (χ0) is 18.6. The summed E-state index contributed by atoms with van der Waals surface area (Å²) in [5.74, 6) is -0.224. The summed E-state index contributed by atoms with van der Waals surface area (Å²) in [6, 6.07) is 7.78. The number of nitrogens with zero attached hydrogens (tertiary/aromatic N) is 2. The number of amides is 1. The first-order valence-corrected chi connectivity index (χ1v) is 9.57. The SMILES string of the molecule is CCN(CC)S(=O)(=O)c1ccc([C@H](C)NC(=O)c2cc(C)no2)cc1. The highest BCUT2D eigenvalue weighted by molar-refractivity contribution is 7.89. The number of benzene rings is 1. The molecule has 8 heteroatoms. The van der Waals surface area contributed by atoms with Gasteiger partial charge in [-0.15, -0.1) is 0 Å². The largest absolute Gasteiger partial charge is 0.351 e. The molecule has 1 heterocycles. The van der Waals surface area contributed by atoms with Gasteiger partial charge in [-0.1, -0.05) is 31.1 Å². The predicted octanol–water partition coefficient (Wildman–Crippen LogP) is 2.50. The van der Waals surface area contributed by atoms with E-state index in [1.165, 1.54) is 4.31 Å². The average Bonchev–Trinajstić information content (AvgIpc) is 3.02. The Morgan fingerprint density at radius 1 is 1.24 bits per heavy atom. The number of hydrogen-bond acceptors (Lipinski definition) is 5. The Labute approximate surface area is 148 Å². The third-order valence-corrected chi connectivity index (χ3v) is 5.99. The number of sulfonamides is 1. The molecule has 0 aliphatic heterocycles. The van der Waals surface area contributed by atoms with Crippen LogP contribution in [0, 0.1) is 6.92 Å². The van der Waals surface area contributed by atoms with Gasteiger partial charge in [0.05, 0.1) is 16.6 Å². The van der Waals surface area contributed by atoms with E-state index in [9.17, 15) is 13.2 Å². The van der Waals surface area contributed by atoms with Crippen LogP contribution < -0.4 is 5.32 Å². The summed E-state index contributed by atoms with van der Waals surface area (Å²) in [6.07, 6.45) is 0. The Morgan fingerprint density at radius 3 is 2.32 bits per heavy atom. The smallest absolute Gasteiger partial charge is 0.290 e. The maximum atomic E-state index is 12.5. The van der Waals surface area contributed by atoms with E-state index in [0.29, 0.717) is 18.8 Å². The highest BCUT2D eigenvalue weighted by Crippen LogP contribution is 2.19. The third-order valence-electron chi connectivity index (χ3n) is 3.92. The molecule has 0 radical (unpaired) electrons. The van der Waals surface area contributed by atoms with Gasteiger partial charge in [0, 0.05) is 19.2 Å². The molecule has 136 valence electrons. The van der Waals surface area contributed by atoms with Crippen LogP contribution in [0.4, 0.5) is 0 Å². The third kappa shape index (κ3) is 4.26. The van der Waals surface area contributed by atoms with E-state index in [0.717, 1.165) is 5.56 Å². The minimum absolute atomic E-state index is 0.144. The molecule has 1 atom stereocenters. The number of aryl methyl sites for hydroxylation is 1. The molecule has 1 aromatic heterocycles. The van der Waals surface area contributed by atoms with Crippen LogP contribution in [0.3, 0.4) is 0 Å². The standard InChI is InChI=1S/C17H23N3O4S/c1-5-20(6-2)25(22,23)15-9-7-14(8-10-15)13(4)18-17(21)16-11-12(3)19-24-16/h7-11,13H,5-6H2,1-4H3,(H,18,21)/t13-/m0/s1. The van der Waals surface area contributed by atoms with Crippen molar-refractivity contribution in [3.63, 3.8) is 0 Å². The van der Waals surface area contributed by atoms with Crippen LogP contribution in [0.1, 0.15) is 48.6 Å². The quantitative estimate of drug-likeness (QED) is 0.814. The lowest BCUT2D eigenvalue weighted by atomic mass is 10.1. The Morgan fingerprint density at radius 2 is 1.84 bits per heavy atom. The van der Waals surface area contributed by atoms with E-state index in [4.69, 9.17) is 4.52 Å². The van der Waals surface area contributed by atoms with Crippen molar-refractivity contribution < 1.29 is 17.7 Å². The summed E-state index contributed by atoms with van der Waals surface area (Å²) in [5, 5.41) is 6.48. The number of carbonyl (C=O) groups excluding carboxylic acids is 1. The van der Waals surface area contributed by atoms with Gasteiger partial charge in [-0.25, -0.2) is 8.42 Å². The van der Waals surface area contributed by atoms with E-state index in [-0.39, 0.29) is 22.6 Å². The highest BCUT2D eigenvalue weighted by Gasteiger charge is 2.22. The van der Waals surface area contributed by atoms with E-state index in [1.54, 1.807) is 51.1 Å². The lowest BCUT2D eigenvalue weighted by Crippen LogP contribution is -2.30. The van der Waals surface area contributed by atoms with Gasteiger partial charge in [0.2, 0.25) is 15.8 Å². The molecule has 0 saturated heterocycles. The van der Waals surface area contributed by atoms with E-state index in [2.05, 4.69) is 10.5 Å². The van der Waals surface area contributed by atoms with Gasteiger partial charge in [-0.3, -0.25) is 4.79 Å². The average molecular weight is 365 g/mol. The molecule has 0 bridgehead atoms. The fourth-order valence-electron chi connectivity index (χ4n) is 2.46. The van der Waals surface area contributed by atoms with E-state index >= 15 is 0 Å². The second-order valence-corrected chi connectivity index (χ2v) is 7.62. The van der Waals surface area contributed by atoms with Crippen molar-refractivity contribution in [2.24, 2.45) is 0 Å². The number of hydrogen-bond donors (Lipinski definition) is 1. The summed E-state index contributed by atoms with van der Waals surface area (Å²) in [6.45, 7) is 8.00. The molecular formula is C17H23N3O4S. The zero-order valence-electron chi connectivity index (χ0n) is 14.8. The molecule has 0 saturated carbocycles. The maximum Gasteiger partial charge on any atom is 0.290 e. The van der Waals surface area contributed by atoms with Gasteiger partial charge in [-0.05, 0) is 31.5 Å². The molecule has 0 fully saturated rings. The lowest BCUT2D eigenvalue weighted by molar-refractivity contribution is 0.0902. The molecule has 1 amide bonds. The minimum atomic E-state index is -3.48. The summed E-state index contributed by atoms with van der Waals surface area (Å²) in [5.41, 5.74) is 1.42. The van der Waals surface area contributed by atoms with Gasteiger partial charge in [-0.2, -0.15) is 4.31 Å². The molecule has 0 unspecified atom stereocenters. The normalized spacial score (nSPS) is 13.0. The molecule has 0 aliphatic rings. The number of aromatic nitrogens is 1. The molecule has 0 spiro atoms. The first kappa shape index (κ1) is 19.1. The predicted molar refractivity (Wildman–Crippen MR) is 93.7 cm³/mol. The second-order valence-electron chi connectivity index (χ2n) is 5.69. The molecular weight excluding hydrogens is 342 g/mol. The Hall–Kier alpha value is -2.19. The van der Waals surface area contributed by atoms with Crippen LogP contribution in [0.25, 0.3) is 0 Å². The number of rotatable bonds is 7. The summed E-state index contributed by atoms with van der Waals surface area (Å²) in [4.78, 5) is 12.3. The molecule has 2 aromatic rings. The zero-order valence-corrected chi connectivity index (χ0v) is 15.6. The van der Waals surface area contributed by atoms with Crippen molar-refractivity contribution in [2.75, 3.05) is 13.1 Å². The molecule has 2 rings (SSSR count). The lowest BCUT2D eigenvalue weighted by Gasteiger charge is -2.19. The van der Waals surface area contributed by atoms with Crippen LogP contribution in [-0.2, 0) is 10.0 Å². The van der Waals surface area contributed by atoms with Crippen molar-refractivity contribution in [3.05, 3.63) is 47.3 Å². The van der Waals surface area contributed by atoms with Crippen LogP contribution in [0.15, 0.2) is 39.8 Å². The van der Waals surface area contributed by atoms with Crippen molar-refractivity contribution >= 4 is 15.9 Å². The van der Waals surface area contributed by atoms with Gasteiger partial charge in [0.15, 0.2) is 0 Å². The van der Waals surface area contributed by atoms with E-state index in [1.807, 2.05) is 6.92 Å². The van der Waals surface area contributed by atoms with Crippen LogP contribution in [0.5, 0.6) is 0 Å². The van der Waals surface area contributed by atoms with Crippen molar-refractivity contribution in [2.45, 2.75) is 38.6 Å². The summed E-state index contributed by atoms with van der Waals surface area (Å²) in [7, 11) is -3.48. The number of nitrogens with one attached hydrogen (secondary N) is 1. The topological polar surface area (TPSA) is 92.5 Å². The van der Waals surface area contributed by atoms with Crippen LogP contribution in [-0.4, -0.2) is 36.9 Å². The molecule has 0 aliphatic carbocycles. The second kappa shape index (κ2) is 7.79.